The molecule has 1 aromatic carbocycles. The smallest absolute Gasteiger partial charge is 0.0790 e. The molecule has 0 bridgehead atoms. The minimum absolute atomic E-state index is 0.274. The molecule has 1 unspecified atom stereocenters. The molecular formula is C19H30O. The van der Waals surface area contributed by atoms with E-state index in [1.165, 1.54) is 44.1 Å². The molecule has 0 aliphatic heterocycles. The molecule has 1 aliphatic rings. The highest BCUT2D eigenvalue weighted by atomic mass is 16.3. The van der Waals surface area contributed by atoms with Gasteiger partial charge in [0, 0.05) is 0 Å². The topological polar surface area (TPSA) is 20.2 Å². The van der Waals surface area contributed by atoms with Crippen molar-refractivity contribution in [2.45, 2.75) is 71.3 Å². The largest absolute Gasteiger partial charge is 0.388 e. The minimum Gasteiger partial charge on any atom is -0.388 e. The fraction of sp³-hybridized carbons (Fsp3) is 0.684. The molecule has 1 aromatic rings. The van der Waals surface area contributed by atoms with E-state index in [-0.39, 0.29) is 6.10 Å². The molecule has 1 aliphatic carbocycles. The van der Waals surface area contributed by atoms with Crippen LogP contribution in [0, 0.1) is 11.8 Å². The lowest BCUT2D eigenvalue weighted by molar-refractivity contribution is 0.151. The summed E-state index contributed by atoms with van der Waals surface area (Å²) in [6, 6.07) is 8.55. The van der Waals surface area contributed by atoms with E-state index in [4.69, 9.17) is 0 Å². The molecule has 1 saturated carbocycles. The second kappa shape index (κ2) is 7.83. The van der Waals surface area contributed by atoms with Crippen LogP contribution in [0.3, 0.4) is 0 Å². The summed E-state index contributed by atoms with van der Waals surface area (Å²) in [4.78, 5) is 0. The van der Waals surface area contributed by atoms with Gasteiger partial charge in [0.15, 0.2) is 0 Å². The maximum Gasteiger partial charge on any atom is 0.0790 e. The standard InChI is InChI=1S/C19H30O/c1-15(2)13-17-9-6-10-18(14-17)19(20)12-11-16-7-4-3-5-8-16/h6,9-10,14-16,19-20H,3-5,7-8,11-13H2,1-2H3. The fourth-order valence-corrected chi connectivity index (χ4v) is 3.43. The summed E-state index contributed by atoms with van der Waals surface area (Å²) in [6.45, 7) is 4.48. The monoisotopic (exact) mass is 274 g/mol. The van der Waals surface area contributed by atoms with Crippen LogP contribution in [0.5, 0.6) is 0 Å². The molecule has 1 heteroatoms. The molecule has 0 saturated heterocycles. The Balaban J connectivity index is 1.86. The number of hydrogen-bond donors (Lipinski definition) is 1. The van der Waals surface area contributed by atoms with Gasteiger partial charge in [-0.2, -0.15) is 0 Å². The Morgan fingerprint density at radius 2 is 1.90 bits per heavy atom. The molecule has 1 nitrogen and oxygen atoms in total. The van der Waals surface area contributed by atoms with E-state index in [1.807, 2.05) is 0 Å². The van der Waals surface area contributed by atoms with Gasteiger partial charge in [0.2, 0.25) is 0 Å². The first-order valence-corrected chi connectivity index (χ1v) is 8.42. The molecule has 1 atom stereocenters. The van der Waals surface area contributed by atoms with Crippen molar-refractivity contribution in [3.05, 3.63) is 35.4 Å². The lowest BCUT2D eigenvalue weighted by atomic mass is 9.85. The van der Waals surface area contributed by atoms with E-state index in [9.17, 15) is 5.11 Å². The molecule has 1 N–H and O–H groups in total. The highest BCUT2D eigenvalue weighted by Gasteiger charge is 2.16. The van der Waals surface area contributed by atoms with Gasteiger partial charge in [-0.1, -0.05) is 70.2 Å². The van der Waals surface area contributed by atoms with Gasteiger partial charge in [-0.3, -0.25) is 0 Å². The highest BCUT2D eigenvalue weighted by molar-refractivity contribution is 5.25. The first-order chi connectivity index (χ1) is 9.65. The Morgan fingerprint density at radius 1 is 1.15 bits per heavy atom. The average Bonchev–Trinajstić information content (AvgIpc) is 2.45. The van der Waals surface area contributed by atoms with Crippen LogP contribution in [0.25, 0.3) is 0 Å². The summed E-state index contributed by atoms with van der Waals surface area (Å²) >= 11 is 0. The van der Waals surface area contributed by atoms with Gasteiger partial charge in [0.1, 0.15) is 0 Å². The number of aliphatic hydroxyl groups is 1. The Bertz CT molecular complexity index is 391. The maximum atomic E-state index is 10.4. The summed E-state index contributed by atoms with van der Waals surface area (Å²) in [5.74, 6) is 1.53. The van der Waals surface area contributed by atoms with Crippen molar-refractivity contribution in [1.82, 2.24) is 0 Å². The van der Waals surface area contributed by atoms with Gasteiger partial charge in [-0.15, -0.1) is 0 Å². The van der Waals surface area contributed by atoms with Crippen molar-refractivity contribution in [3.63, 3.8) is 0 Å². The normalized spacial score (nSPS) is 18.4. The van der Waals surface area contributed by atoms with Crippen LogP contribution in [0.1, 0.15) is 76.0 Å². The molecule has 20 heavy (non-hydrogen) atoms. The van der Waals surface area contributed by atoms with Gasteiger partial charge >= 0.3 is 0 Å². The van der Waals surface area contributed by atoms with E-state index in [0.717, 1.165) is 24.3 Å². The minimum atomic E-state index is -0.274. The van der Waals surface area contributed by atoms with Crippen LogP contribution in [0.15, 0.2) is 24.3 Å². The first kappa shape index (κ1) is 15.6. The predicted octanol–water partition coefficient (Wildman–Crippen LogP) is 5.28. The molecule has 0 radical (unpaired) electrons. The molecular weight excluding hydrogens is 244 g/mol. The van der Waals surface area contributed by atoms with Gasteiger partial charge in [0.25, 0.3) is 0 Å². The van der Waals surface area contributed by atoms with Crippen LogP contribution < -0.4 is 0 Å². The van der Waals surface area contributed by atoms with E-state index in [0.29, 0.717) is 5.92 Å². The third kappa shape index (κ3) is 4.94. The van der Waals surface area contributed by atoms with Crippen molar-refractivity contribution >= 4 is 0 Å². The van der Waals surface area contributed by atoms with Gasteiger partial charge in [-0.05, 0) is 42.2 Å². The zero-order chi connectivity index (χ0) is 14.4. The molecule has 2 rings (SSSR count). The summed E-state index contributed by atoms with van der Waals surface area (Å²) in [5, 5.41) is 10.4. The quantitative estimate of drug-likeness (QED) is 0.748. The second-order valence-electron chi connectivity index (χ2n) is 6.94. The number of hydrogen-bond acceptors (Lipinski definition) is 1. The van der Waals surface area contributed by atoms with Crippen LogP contribution in [-0.4, -0.2) is 5.11 Å². The third-order valence-corrected chi connectivity index (χ3v) is 4.55. The Morgan fingerprint density at radius 3 is 2.60 bits per heavy atom. The van der Waals surface area contributed by atoms with E-state index in [1.54, 1.807) is 0 Å². The third-order valence-electron chi connectivity index (χ3n) is 4.55. The van der Waals surface area contributed by atoms with Crippen molar-refractivity contribution in [1.29, 1.82) is 0 Å². The molecule has 0 amide bonds. The first-order valence-electron chi connectivity index (χ1n) is 8.42. The lowest BCUT2D eigenvalue weighted by Gasteiger charge is -2.22. The van der Waals surface area contributed by atoms with Crippen LogP contribution in [-0.2, 0) is 6.42 Å². The lowest BCUT2D eigenvalue weighted by Crippen LogP contribution is -2.08. The Labute approximate surface area is 124 Å². The molecule has 0 aromatic heterocycles. The summed E-state index contributed by atoms with van der Waals surface area (Å²) in [6.07, 6.45) is 9.89. The number of benzene rings is 1. The maximum absolute atomic E-state index is 10.4. The van der Waals surface area contributed by atoms with Crippen molar-refractivity contribution in [3.8, 4) is 0 Å². The SMILES string of the molecule is CC(C)Cc1cccc(C(O)CCC2CCCCC2)c1. The molecule has 0 heterocycles. The predicted molar refractivity (Wildman–Crippen MR) is 85.8 cm³/mol. The molecule has 1 fully saturated rings. The highest BCUT2D eigenvalue weighted by Crippen LogP contribution is 2.30. The van der Waals surface area contributed by atoms with E-state index < -0.39 is 0 Å². The Hall–Kier alpha value is -0.820. The van der Waals surface area contributed by atoms with Gasteiger partial charge < -0.3 is 5.11 Å². The van der Waals surface area contributed by atoms with Crippen LogP contribution in [0.2, 0.25) is 0 Å². The van der Waals surface area contributed by atoms with Crippen LogP contribution >= 0.6 is 0 Å². The zero-order valence-electron chi connectivity index (χ0n) is 13.1. The van der Waals surface area contributed by atoms with Crippen molar-refractivity contribution in [2.75, 3.05) is 0 Å². The summed E-state index contributed by atoms with van der Waals surface area (Å²) < 4.78 is 0. The van der Waals surface area contributed by atoms with Crippen molar-refractivity contribution < 1.29 is 5.11 Å². The second-order valence-corrected chi connectivity index (χ2v) is 6.94. The summed E-state index contributed by atoms with van der Waals surface area (Å²) in [7, 11) is 0. The molecule has 112 valence electrons. The van der Waals surface area contributed by atoms with Gasteiger partial charge in [-0.25, -0.2) is 0 Å². The number of rotatable bonds is 6. The van der Waals surface area contributed by atoms with Gasteiger partial charge in [0.05, 0.1) is 6.10 Å². The molecule has 0 spiro atoms. The Kier molecular flexibility index (Phi) is 6.09. The number of aliphatic hydroxyl groups excluding tert-OH is 1. The van der Waals surface area contributed by atoms with E-state index >= 15 is 0 Å². The van der Waals surface area contributed by atoms with Crippen molar-refractivity contribution in [2.24, 2.45) is 11.8 Å². The fourth-order valence-electron chi connectivity index (χ4n) is 3.43. The summed E-state index contributed by atoms with van der Waals surface area (Å²) in [5.41, 5.74) is 2.47. The zero-order valence-corrected chi connectivity index (χ0v) is 13.1. The van der Waals surface area contributed by atoms with Crippen LogP contribution in [0.4, 0.5) is 0 Å². The van der Waals surface area contributed by atoms with E-state index in [2.05, 4.69) is 38.1 Å². The average molecular weight is 274 g/mol.